The van der Waals surface area contributed by atoms with Crippen molar-refractivity contribution in [2.24, 2.45) is 5.92 Å². The van der Waals surface area contributed by atoms with Gasteiger partial charge in [0.1, 0.15) is 5.75 Å². The van der Waals surface area contributed by atoms with E-state index in [4.69, 9.17) is 4.74 Å². The Bertz CT molecular complexity index is 431. The second-order valence-electron chi connectivity index (χ2n) is 5.34. The van der Waals surface area contributed by atoms with Crippen molar-refractivity contribution in [1.82, 2.24) is 4.90 Å². The first-order chi connectivity index (χ1) is 9.20. The lowest BCUT2D eigenvalue weighted by Gasteiger charge is -2.30. The Morgan fingerprint density at radius 1 is 1.42 bits per heavy atom. The summed E-state index contributed by atoms with van der Waals surface area (Å²) < 4.78 is 5.69. The lowest BCUT2D eigenvalue weighted by atomic mass is 10.0. The fourth-order valence-corrected chi connectivity index (χ4v) is 2.58. The average Bonchev–Trinajstić information content (AvgIpc) is 2.45. The smallest absolute Gasteiger partial charge is 0.260 e. The maximum atomic E-state index is 12.1. The number of benzene rings is 1. The van der Waals surface area contributed by atoms with Gasteiger partial charge in [-0.2, -0.15) is 0 Å². The van der Waals surface area contributed by atoms with E-state index < -0.39 is 0 Å². The Morgan fingerprint density at radius 2 is 2.21 bits per heavy atom. The van der Waals surface area contributed by atoms with Gasteiger partial charge in [-0.15, -0.1) is 0 Å². The van der Waals surface area contributed by atoms with E-state index in [1.165, 1.54) is 6.42 Å². The number of carbonyl (C=O) groups is 1. The highest BCUT2D eigenvalue weighted by Gasteiger charge is 2.21. The van der Waals surface area contributed by atoms with E-state index in [0.717, 1.165) is 37.2 Å². The van der Waals surface area contributed by atoms with Crippen molar-refractivity contribution >= 4 is 5.91 Å². The van der Waals surface area contributed by atoms with Gasteiger partial charge in [-0.25, -0.2) is 0 Å². The average molecular weight is 261 g/mol. The summed E-state index contributed by atoms with van der Waals surface area (Å²) in [6.07, 6.45) is 3.26. The highest BCUT2D eigenvalue weighted by atomic mass is 16.5. The molecule has 1 amide bonds. The van der Waals surface area contributed by atoms with Gasteiger partial charge in [0.15, 0.2) is 6.61 Å². The fourth-order valence-electron chi connectivity index (χ4n) is 2.58. The Morgan fingerprint density at radius 3 is 2.95 bits per heavy atom. The zero-order valence-corrected chi connectivity index (χ0v) is 11.9. The van der Waals surface area contributed by atoms with Crippen LogP contribution in [0.1, 0.15) is 32.3 Å². The maximum absolute atomic E-state index is 12.1. The summed E-state index contributed by atoms with van der Waals surface area (Å²) in [4.78, 5) is 14.1. The molecule has 1 saturated heterocycles. The molecule has 19 heavy (non-hydrogen) atoms. The molecule has 0 spiro atoms. The quantitative estimate of drug-likeness (QED) is 0.834. The number of rotatable bonds is 4. The summed E-state index contributed by atoms with van der Waals surface area (Å²) in [5.74, 6) is 1.56. The largest absolute Gasteiger partial charge is 0.483 e. The molecule has 1 fully saturated rings. The molecule has 104 valence electrons. The van der Waals surface area contributed by atoms with Crippen molar-refractivity contribution in [2.45, 2.75) is 33.1 Å². The van der Waals surface area contributed by atoms with Gasteiger partial charge in [0.2, 0.25) is 0 Å². The number of ether oxygens (including phenoxy) is 1. The van der Waals surface area contributed by atoms with E-state index in [9.17, 15) is 4.79 Å². The molecule has 2 rings (SSSR count). The van der Waals surface area contributed by atoms with Gasteiger partial charge in [-0.3, -0.25) is 4.79 Å². The van der Waals surface area contributed by atoms with Crippen LogP contribution in [-0.4, -0.2) is 30.5 Å². The van der Waals surface area contributed by atoms with Gasteiger partial charge >= 0.3 is 0 Å². The molecule has 0 radical (unpaired) electrons. The van der Waals surface area contributed by atoms with Crippen LogP contribution in [0.3, 0.4) is 0 Å². The summed E-state index contributed by atoms with van der Waals surface area (Å²) >= 11 is 0. The monoisotopic (exact) mass is 261 g/mol. The molecular formula is C16H23NO2. The normalized spacial score (nSPS) is 19.3. The summed E-state index contributed by atoms with van der Waals surface area (Å²) in [6.45, 7) is 6.20. The minimum absolute atomic E-state index is 0.109. The van der Waals surface area contributed by atoms with Crippen molar-refractivity contribution in [3.63, 3.8) is 0 Å². The first-order valence-corrected chi connectivity index (χ1v) is 7.19. The van der Waals surface area contributed by atoms with Crippen molar-refractivity contribution < 1.29 is 9.53 Å². The molecule has 1 aliphatic rings. The molecule has 1 atom stereocenters. The molecule has 0 aromatic heterocycles. The number of hydrogen-bond acceptors (Lipinski definition) is 2. The molecule has 0 bridgehead atoms. The van der Waals surface area contributed by atoms with E-state index in [1.54, 1.807) is 0 Å². The first-order valence-electron chi connectivity index (χ1n) is 7.19. The third-order valence-electron chi connectivity index (χ3n) is 3.71. The van der Waals surface area contributed by atoms with Crippen molar-refractivity contribution in [2.75, 3.05) is 19.7 Å². The SMILES string of the molecule is CCc1ccccc1OCC(=O)N1CCCC(C)C1. The van der Waals surface area contributed by atoms with E-state index in [0.29, 0.717) is 5.92 Å². The maximum Gasteiger partial charge on any atom is 0.260 e. The van der Waals surface area contributed by atoms with E-state index in [-0.39, 0.29) is 12.5 Å². The number of piperidine rings is 1. The molecule has 1 aromatic carbocycles. The van der Waals surface area contributed by atoms with Crippen molar-refractivity contribution in [3.05, 3.63) is 29.8 Å². The zero-order valence-electron chi connectivity index (χ0n) is 11.9. The molecule has 1 aromatic rings. The third-order valence-corrected chi connectivity index (χ3v) is 3.71. The van der Waals surface area contributed by atoms with E-state index in [2.05, 4.69) is 13.8 Å². The Hall–Kier alpha value is -1.51. The highest BCUT2D eigenvalue weighted by Crippen LogP contribution is 2.19. The highest BCUT2D eigenvalue weighted by molar-refractivity contribution is 5.77. The number of hydrogen-bond donors (Lipinski definition) is 0. The van der Waals surface area contributed by atoms with Crippen LogP contribution in [0.25, 0.3) is 0 Å². The number of nitrogens with zero attached hydrogens (tertiary/aromatic N) is 1. The van der Waals surface area contributed by atoms with Crippen molar-refractivity contribution in [1.29, 1.82) is 0 Å². The standard InChI is InChI=1S/C16H23NO2/c1-3-14-8-4-5-9-15(14)19-12-16(18)17-10-6-7-13(2)11-17/h4-5,8-9,13H,3,6-7,10-12H2,1-2H3. The van der Waals surface area contributed by atoms with Crippen molar-refractivity contribution in [3.8, 4) is 5.75 Å². The number of amides is 1. The first kappa shape index (κ1) is 13.9. The molecule has 3 nitrogen and oxygen atoms in total. The topological polar surface area (TPSA) is 29.5 Å². The van der Waals surface area contributed by atoms with Crippen LogP contribution in [-0.2, 0) is 11.2 Å². The summed E-state index contributed by atoms with van der Waals surface area (Å²) in [5.41, 5.74) is 1.15. The Kier molecular flexibility index (Phi) is 4.83. The molecule has 1 unspecified atom stereocenters. The lowest BCUT2D eigenvalue weighted by molar-refractivity contribution is -0.135. The van der Waals surface area contributed by atoms with E-state index in [1.807, 2.05) is 29.2 Å². The minimum atomic E-state index is 0.109. The predicted octanol–water partition coefficient (Wildman–Crippen LogP) is 2.89. The molecule has 1 aliphatic heterocycles. The van der Waals surface area contributed by atoms with Gasteiger partial charge in [0.05, 0.1) is 0 Å². The molecular weight excluding hydrogens is 238 g/mol. The summed E-state index contributed by atoms with van der Waals surface area (Å²) in [6, 6.07) is 7.93. The third kappa shape index (κ3) is 3.72. The number of aryl methyl sites for hydroxylation is 1. The lowest BCUT2D eigenvalue weighted by Crippen LogP contribution is -2.41. The van der Waals surface area contributed by atoms with Crippen LogP contribution in [0.15, 0.2) is 24.3 Å². The molecule has 0 N–H and O–H groups in total. The fraction of sp³-hybridized carbons (Fsp3) is 0.562. The van der Waals surface area contributed by atoms with Crippen LogP contribution in [0, 0.1) is 5.92 Å². The van der Waals surface area contributed by atoms with Gasteiger partial charge < -0.3 is 9.64 Å². The molecule has 3 heteroatoms. The Labute approximate surface area is 115 Å². The number of para-hydroxylation sites is 1. The summed E-state index contributed by atoms with van der Waals surface area (Å²) in [5, 5.41) is 0. The van der Waals surface area contributed by atoms with E-state index >= 15 is 0 Å². The zero-order chi connectivity index (χ0) is 13.7. The minimum Gasteiger partial charge on any atom is -0.483 e. The van der Waals surface area contributed by atoms with Crippen LogP contribution < -0.4 is 4.74 Å². The van der Waals surface area contributed by atoms with Gasteiger partial charge in [0, 0.05) is 13.1 Å². The molecule has 0 saturated carbocycles. The second-order valence-corrected chi connectivity index (χ2v) is 5.34. The number of carbonyl (C=O) groups excluding carboxylic acids is 1. The molecule has 1 heterocycles. The summed E-state index contributed by atoms with van der Waals surface area (Å²) in [7, 11) is 0. The van der Waals surface area contributed by atoms with Crippen LogP contribution >= 0.6 is 0 Å². The number of likely N-dealkylation sites (tertiary alicyclic amines) is 1. The van der Waals surface area contributed by atoms with Gasteiger partial charge in [-0.1, -0.05) is 32.0 Å². The molecule has 0 aliphatic carbocycles. The van der Waals surface area contributed by atoms with Gasteiger partial charge in [0.25, 0.3) is 5.91 Å². The Balaban J connectivity index is 1.89. The predicted molar refractivity (Wildman–Crippen MR) is 76.3 cm³/mol. The second kappa shape index (κ2) is 6.60. The van der Waals surface area contributed by atoms with Crippen LogP contribution in [0.4, 0.5) is 0 Å². The van der Waals surface area contributed by atoms with Gasteiger partial charge in [-0.05, 0) is 36.8 Å². The van der Waals surface area contributed by atoms with Crippen LogP contribution in [0.5, 0.6) is 5.75 Å². The van der Waals surface area contributed by atoms with Crippen LogP contribution in [0.2, 0.25) is 0 Å².